The second-order valence-electron chi connectivity index (χ2n) is 4.94. The zero-order valence-corrected chi connectivity index (χ0v) is 10.6. The average Bonchev–Trinajstić information content (AvgIpc) is 2.80. The van der Waals surface area contributed by atoms with Gasteiger partial charge in [-0.2, -0.15) is 5.10 Å². The minimum atomic E-state index is -0.241. The van der Waals surface area contributed by atoms with Crippen molar-refractivity contribution in [3.63, 3.8) is 0 Å². The molecule has 0 saturated carbocycles. The molecule has 1 aromatic carbocycles. The van der Waals surface area contributed by atoms with E-state index in [1.54, 1.807) is 6.07 Å². The summed E-state index contributed by atoms with van der Waals surface area (Å²) in [5.41, 5.74) is 0.864. The topological polar surface area (TPSA) is 50.9 Å². The Morgan fingerprint density at radius 1 is 1.42 bits per heavy atom. The first kappa shape index (κ1) is 12.3. The maximum absolute atomic E-state index is 13.1. The number of rotatable bonds is 3. The van der Waals surface area contributed by atoms with Crippen molar-refractivity contribution in [3.8, 4) is 0 Å². The van der Waals surface area contributed by atoms with Crippen LogP contribution in [0.3, 0.4) is 0 Å². The Balaban J connectivity index is 1.85. The highest BCUT2D eigenvalue weighted by Crippen LogP contribution is 2.25. The van der Waals surface area contributed by atoms with Crippen molar-refractivity contribution < 1.29 is 9.50 Å². The number of fused-ring (bicyclic) bond motifs is 1. The summed E-state index contributed by atoms with van der Waals surface area (Å²) in [5, 5.41) is 13.8. The molecule has 1 aliphatic rings. The van der Waals surface area contributed by atoms with E-state index in [9.17, 15) is 9.50 Å². The summed E-state index contributed by atoms with van der Waals surface area (Å²) in [6.07, 6.45) is 2.49. The van der Waals surface area contributed by atoms with Gasteiger partial charge >= 0.3 is 0 Å². The monoisotopic (exact) mass is 261 g/mol. The van der Waals surface area contributed by atoms with Crippen molar-refractivity contribution in [1.82, 2.24) is 14.8 Å². The molecule has 19 heavy (non-hydrogen) atoms. The molecular weight excluding hydrogens is 245 g/mol. The van der Waals surface area contributed by atoms with Gasteiger partial charge in [-0.25, -0.2) is 14.1 Å². The smallest absolute Gasteiger partial charge is 0.155 e. The second-order valence-corrected chi connectivity index (χ2v) is 4.94. The Bertz CT molecular complexity index is 582. The lowest BCUT2D eigenvalue weighted by Crippen LogP contribution is -2.19. The van der Waals surface area contributed by atoms with Crippen LogP contribution in [0.15, 0.2) is 24.3 Å². The maximum Gasteiger partial charge on any atom is 0.155 e. The molecule has 0 aliphatic carbocycles. The molecule has 0 amide bonds. The van der Waals surface area contributed by atoms with E-state index in [1.165, 1.54) is 12.1 Å². The van der Waals surface area contributed by atoms with E-state index in [2.05, 4.69) is 10.1 Å². The SMILES string of the molecule is OCC1CCCn2nc(Cc3cccc(F)c3)nc21. The number of hydrogen-bond acceptors (Lipinski definition) is 3. The number of halogens is 1. The Morgan fingerprint density at radius 3 is 3.11 bits per heavy atom. The number of hydrogen-bond donors (Lipinski definition) is 1. The summed E-state index contributed by atoms with van der Waals surface area (Å²) in [5.74, 6) is 1.40. The molecule has 4 nitrogen and oxygen atoms in total. The van der Waals surface area contributed by atoms with Crippen molar-refractivity contribution in [2.75, 3.05) is 6.61 Å². The van der Waals surface area contributed by atoms with Gasteiger partial charge in [0.1, 0.15) is 11.6 Å². The van der Waals surface area contributed by atoms with Gasteiger partial charge in [-0.15, -0.1) is 0 Å². The van der Waals surface area contributed by atoms with Crippen LogP contribution in [0.5, 0.6) is 0 Å². The number of aromatic nitrogens is 3. The lowest BCUT2D eigenvalue weighted by Gasteiger charge is -2.19. The first-order chi connectivity index (χ1) is 9.26. The molecule has 1 N–H and O–H groups in total. The predicted octanol–water partition coefficient (Wildman–Crippen LogP) is 1.88. The maximum atomic E-state index is 13.1. The van der Waals surface area contributed by atoms with Crippen LogP contribution in [0.1, 0.15) is 36.0 Å². The lowest BCUT2D eigenvalue weighted by atomic mass is 10.0. The quantitative estimate of drug-likeness (QED) is 0.917. The first-order valence-electron chi connectivity index (χ1n) is 6.55. The van der Waals surface area contributed by atoms with Crippen LogP contribution in [0.25, 0.3) is 0 Å². The second kappa shape index (κ2) is 5.09. The van der Waals surface area contributed by atoms with Gasteiger partial charge in [0.2, 0.25) is 0 Å². The van der Waals surface area contributed by atoms with E-state index in [0.29, 0.717) is 12.2 Å². The first-order valence-corrected chi connectivity index (χ1v) is 6.55. The Labute approximate surface area is 110 Å². The van der Waals surface area contributed by atoms with Gasteiger partial charge in [0.15, 0.2) is 5.82 Å². The molecule has 0 bridgehead atoms. The fraction of sp³-hybridized carbons (Fsp3) is 0.429. The van der Waals surface area contributed by atoms with Gasteiger partial charge in [0.05, 0.1) is 6.61 Å². The van der Waals surface area contributed by atoms with Gasteiger partial charge in [-0.05, 0) is 30.5 Å². The van der Waals surface area contributed by atoms with Crippen LogP contribution in [0.4, 0.5) is 4.39 Å². The molecule has 1 aliphatic heterocycles. The van der Waals surface area contributed by atoms with Crippen molar-refractivity contribution >= 4 is 0 Å². The molecule has 1 unspecified atom stereocenters. The molecule has 0 fully saturated rings. The molecule has 3 rings (SSSR count). The standard InChI is InChI=1S/C14H16FN3O/c15-12-5-1-3-10(7-12)8-13-16-14-11(9-19)4-2-6-18(14)17-13/h1,3,5,7,11,19H,2,4,6,8-9H2. The van der Waals surface area contributed by atoms with E-state index in [1.807, 2.05) is 10.7 Å². The van der Waals surface area contributed by atoms with Crippen LogP contribution in [0.2, 0.25) is 0 Å². The number of nitrogens with zero attached hydrogens (tertiary/aromatic N) is 3. The highest BCUT2D eigenvalue weighted by Gasteiger charge is 2.23. The molecule has 1 atom stereocenters. The summed E-state index contributed by atoms with van der Waals surface area (Å²) >= 11 is 0. The fourth-order valence-corrected chi connectivity index (χ4v) is 2.56. The van der Waals surface area contributed by atoms with Crippen LogP contribution in [-0.2, 0) is 13.0 Å². The zero-order chi connectivity index (χ0) is 13.2. The highest BCUT2D eigenvalue weighted by molar-refractivity contribution is 5.20. The number of benzene rings is 1. The number of aryl methyl sites for hydroxylation is 1. The van der Waals surface area contributed by atoms with Gasteiger partial charge in [0, 0.05) is 18.9 Å². The molecule has 2 heterocycles. The van der Waals surface area contributed by atoms with E-state index in [0.717, 1.165) is 30.8 Å². The van der Waals surface area contributed by atoms with E-state index in [4.69, 9.17) is 0 Å². The molecule has 5 heteroatoms. The minimum Gasteiger partial charge on any atom is -0.396 e. The van der Waals surface area contributed by atoms with Crippen molar-refractivity contribution in [2.24, 2.45) is 0 Å². The van der Waals surface area contributed by atoms with Crippen LogP contribution in [-0.4, -0.2) is 26.5 Å². The Hall–Kier alpha value is -1.75. The molecule has 0 spiro atoms. The normalized spacial score (nSPS) is 18.3. The Morgan fingerprint density at radius 2 is 2.32 bits per heavy atom. The molecule has 0 radical (unpaired) electrons. The third kappa shape index (κ3) is 2.51. The van der Waals surface area contributed by atoms with E-state index >= 15 is 0 Å². The summed E-state index contributed by atoms with van der Waals surface area (Å²) in [4.78, 5) is 4.50. The molecule has 100 valence electrons. The van der Waals surface area contributed by atoms with E-state index in [-0.39, 0.29) is 18.3 Å². The van der Waals surface area contributed by atoms with Gasteiger partial charge in [0.25, 0.3) is 0 Å². The van der Waals surface area contributed by atoms with Gasteiger partial charge in [-0.1, -0.05) is 12.1 Å². The highest BCUT2D eigenvalue weighted by atomic mass is 19.1. The summed E-state index contributed by atoms with van der Waals surface area (Å²) < 4.78 is 15.0. The predicted molar refractivity (Wildman–Crippen MR) is 68.3 cm³/mol. The lowest BCUT2D eigenvalue weighted by molar-refractivity contribution is 0.234. The van der Waals surface area contributed by atoms with Crippen molar-refractivity contribution in [2.45, 2.75) is 31.7 Å². The summed E-state index contributed by atoms with van der Waals surface area (Å²) in [7, 11) is 0. The van der Waals surface area contributed by atoms with Crippen LogP contribution in [0, 0.1) is 5.82 Å². The third-order valence-electron chi connectivity index (χ3n) is 3.50. The van der Waals surface area contributed by atoms with E-state index < -0.39 is 0 Å². The average molecular weight is 261 g/mol. The summed E-state index contributed by atoms with van der Waals surface area (Å²) in [6.45, 7) is 0.958. The number of aliphatic hydroxyl groups is 1. The summed E-state index contributed by atoms with van der Waals surface area (Å²) in [6, 6.07) is 6.49. The Kier molecular flexibility index (Phi) is 3.29. The fourth-order valence-electron chi connectivity index (χ4n) is 2.56. The van der Waals surface area contributed by atoms with Crippen LogP contribution >= 0.6 is 0 Å². The molecule has 0 saturated heterocycles. The minimum absolute atomic E-state index is 0.0857. The zero-order valence-electron chi connectivity index (χ0n) is 10.6. The van der Waals surface area contributed by atoms with Crippen molar-refractivity contribution in [1.29, 1.82) is 0 Å². The number of aliphatic hydroxyl groups excluding tert-OH is 1. The van der Waals surface area contributed by atoms with Crippen LogP contribution < -0.4 is 0 Å². The largest absolute Gasteiger partial charge is 0.396 e. The third-order valence-corrected chi connectivity index (χ3v) is 3.50. The molecule has 1 aromatic heterocycles. The molecular formula is C14H16FN3O. The molecule has 2 aromatic rings. The van der Waals surface area contributed by atoms with Gasteiger partial charge in [-0.3, -0.25) is 0 Å². The van der Waals surface area contributed by atoms with Gasteiger partial charge < -0.3 is 5.11 Å². The van der Waals surface area contributed by atoms with Crippen molar-refractivity contribution in [3.05, 3.63) is 47.3 Å².